The monoisotopic (exact) mass is 374 g/mol. The van der Waals surface area contributed by atoms with Gasteiger partial charge in [0.05, 0.1) is 11.6 Å². The molecule has 0 amide bonds. The molecule has 6 heteroatoms. The molecule has 1 aromatic carbocycles. The van der Waals surface area contributed by atoms with Crippen LogP contribution in [0.2, 0.25) is 0 Å². The first-order valence-corrected chi connectivity index (χ1v) is 10.0. The quantitative estimate of drug-likeness (QED) is 0.411. The second kappa shape index (κ2) is 10.8. The van der Waals surface area contributed by atoms with Crippen molar-refractivity contribution < 1.29 is 4.74 Å². The molecule has 5 nitrogen and oxygen atoms in total. The van der Waals surface area contributed by atoms with Crippen LogP contribution in [0.5, 0.6) is 5.75 Å². The molecule has 142 valence electrons. The molecule has 1 aromatic heterocycles. The molecule has 0 aliphatic rings. The van der Waals surface area contributed by atoms with Gasteiger partial charge < -0.3 is 15.0 Å². The van der Waals surface area contributed by atoms with Crippen molar-refractivity contribution in [1.29, 1.82) is 0 Å². The average molecular weight is 375 g/mol. The number of hydrogen-bond acceptors (Lipinski definition) is 4. The lowest BCUT2D eigenvalue weighted by Gasteiger charge is -2.22. The Morgan fingerprint density at radius 3 is 2.65 bits per heavy atom. The first-order chi connectivity index (χ1) is 12.6. The van der Waals surface area contributed by atoms with Crippen LogP contribution in [0.4, 0.5) is 0 Å². The van der Waals surface area contributed by atoms with Crippen molar-refractivity contribution in [2.45, 2.75) is 39.7 Å². The number of unbranched alkanes of at least 4 members (excludes halogenated alkanes) is 1. The van der Waals surface area contributed by atoms with Crippen LogP contribution in [-0.2, 0) is 13.0 Å². The Hall–Kier alpha value is -2.08. The number of ether oxygens (including phenoxy) is 1. The normalized spacial score (nSPS) is 11.5. The third-order valence-corrected chi connectivity index (χ3v) is 5.02. The van der Waals surface area contributed by atoms with E-state index >= 15 is 0 Å². The van der Waals surface area contributed by atoms with Gasteiger partial charge in [0.15, 0.2) is 5.96 Å². The fourth-order valence-electron chi connectivity index (χ4n) is 2.71. The van der Waals surface area contributed by atoms with E-state index in [1.165, 1.54) is 10.6 Å². The standard InChI is InChI=1S/C20H30N4OS/c1-5-25-18-11-9-17(10-12-18)14-24(4)20(21-3)22-13-7-6-8-19-23-16(2)15-26-19/h9-12,15H,5-8,13-14H2,1-4H3,(H,21,22). The largest absolute Gasteiger partial charge is 0.494 e. The topological polar surface area (TPSA) is 49.8 Å². The Morgan fingerprint density at radius 2 is 2.04 bits per heavy atom. The number of aromatic nitrogens is 1. The Morgan fingerprint density at radius 1 is 1.27 bits per heavy atom. The maximum Gasteiger partial charge on any atom is 0.193 e. The minimum Gasteiger partial charge on any atom is -0.494 e. The van der Waals surface area contributed by atoms with Crippen molar-refractivity contribution in [3.05, 3.63) is 45.9 Å². The molecule has 1 heterocycles. The summed E-state index contributed by atoms with van der Waals surface area (Å²) in [6.07, 6.45) is 3.30. The molecule has 26 heavy (non-hydrogen) atoms. The van der Waals surface area contributed by atoms with Crippen molar-refractivity contribution in [2.24, 2.45) is 4.99 Å². The van der Waals surface area contributed by atoms with Crippen LogP contribution < -0.4 is 10.1 Å². The summed E-state index contributed by atoms with van der Waals surface area (Å²) in [5.41, 5.74) is 2.36. The van der Waals surface area contributed by atoms with Gasteiger partial charge in [0.2, 0.25) is 0 Å². The van der Waals surface area contributed by atoms with Crippen molar-refractivity contribution in [3.8, 4) is 5.75 Å². The van der Waals surface area contributed by atoms with Gasteiger partial charge in [-0.3, -0.25) is 4.99 Å². The molecule has 0 spiro atoms. The number of benzene rings is 1. The fourth-order valence-corrected chi connectivity index (χ4v) is 3.53. The third kappa shape index (κ3) is 6.67. The Labute approximate surface area is 161 Å². The number of aliphatic imine (C=N–C) groups is 1. The number of hydrogen-bond donors (Lipinski definition) is 1. The van der Waals surface area contributed by atoms with Gasteiger partial charge in [-0.05, 0) is 50.8 Å². The molecule has 0 aliphatic heterocycles. The summed E-state index contributed by atoms with van der Waals surface area (Å²) in [4.78, 5) is 11.0. The van der Waals surface area contributed by atoms with Gasteiger partial charge in [-0.1, -0.05) is 12.1 Å². The minimum absolute atomic E-state index is 0.692. The summed E-state index contributed by atoms with van der Waals surface area (Å²) in [7, 11) is 3.89. The number of thiazole rings is 1. The lowest BCUT2D eigenvalue weighted by molar-refractivity contribution is 0.340. The molecule has 2 rings (SSSR count). The summed E-state index contributed by atoms with van der Waals surface area (Å²) >= 11 is 1.76. The van der Waals surface area contributed by atoms with E-state index in [1.807, 2.05) is 33.0 Å². The Bertz CT molecular complexity index is 681. The molecule has 0 bridgehead atoms. The van der Waals surface area contributed by atoms with Crippen LogP contribution in [0.3, 0.4) is 0 Å². The summed E-state index contributed by atoms with van der Waals surface area (Å²) in [6, 6.07) is 8.24. The molecule has 2 aromatic rings. The molecule has 0 fully saturated rings. The second-order valence-electron chi connectivity index (χ2n) is 6.25. The number of nitrogens with one attached hydrogen (secondary N) is 1. The van der Waals surface area contributed by atoms with E-state index in [4.69, 9.17) is 4.74 Å². The number of guanidine groups is 1. The number of aryl methyl sites for hydroxylation is 2. The van der Waals surface area contributed by atoms with E-state index in [0.29, 0.717) is 6.61 Å². The van der Waals surface area contributed by atoms with E-state index in [0.717, 1.165) is 49.8 Å². The smallest absolute Gasteiger partial charge is 0.193 e. The lowest BCUT2D eigenvalue weighted by Crippen LogP contribution is -2.38. The maximum atomic E-state index is 5.49. The van der Waals surface area contributed by atoms with E-state index in [1.54, 1.807) is 11.3 Å². The van der Waals surface area contributed by atoms with Gasteiger partial charge in [0.25, 0.3) is 0 Å². The van der Waals surface area contributed by atoms with Crippen LogP contribution in [0.15, 0.2) is 34.6 Å². The molecule has 0 saturated carbocycles. The first-order valence-electron chi connectivity index (χ1n) is 9.17. The molecule has 0 saturated heterocycles. The van der Waals surface area contributed by atoms with Crippen LogP contribution in [-0.4, -0.2) is 43.1 Å². The Kier molecular flexibility index (Phi) is 8.41. The number of rotatable bonds is 9. The summed E-state index contributed by atoms with van der Waals surface area (Å²) in [5.74, 6) is 1.83. The first kappa shape index (κ1) is 20.2. The highest BCUT2D eigenvalue weighted by Crippen LogP contribution is 2.13. The predicted octanol–water partition coefficient (Wildman–Crippen LogP) is 3.88. The van der Waals surface area contributed by atoms with Crippen molar-refractivity contribution in [3.63, 3.8) is 0 Å². The molecule has 0 radical (unpaired) electrons. The molecular formula is C20H30N4OS. The Balaban J connectivity index is 1.71. The summed E-state index contributed by atoms with van der Waals surface area (Å²) in [5, 5.41) is 6.80. The molecular weight excluding hydrogens is 344 g/mol. The highest BCUT2D eigenvalue weighted by molar-refractivity contribution is 7.09. The van der Waals surface area contributed by atoms with Crippen LogP contribution in [0.1, 0.15) is 36.0 Å². The zero-order chi connectivity index (χ0) is 18.8. The van der Waals surface area contributed by atoms with Gasteiger partial charge in [-0.2, -0.15) is 0 Å². The van der Waals surface area contributed by atoms with Gasteiger partial charge in [0, 0.05) is 38.3 Å². The summed E-state index contributed by atoms with van der Waals surface area (Å²) < 4.78 is 5.49. The SMILES string of the molecule is CCOc1ccc(CN(C)C(=NC)NCCCCc2nc(C)cs2)cc1. The van der Waals surface area contributed by atoms with Crippen LogP contribution in [0, 0.1) is 6.92 Å². The van der Waals surface area contributed by atoms with E-state index < -0.39 is 0 Å². The molecule has 0 aliphatic carbocycles. The van der Waals surface area contributed by atoms with Crippen LogP contribution >= 0.6 is 11.3 Å². The zero-order valence-corrected chi connectivity index (χ0v) is 17.1. The molecule has 0 unspecified atom stereocenters. The lowest BCUT2D eigenvalue weighted by atomic mass is 10.2. The van der Waals surface area contributed by atoms with Gasteiger partial charge in [0.1, 0.15) is 5.75 Å². The third-order valence-electron chi connectivity index (χ3n) is 3.99. The van der Waals surface area contributed by atoms with Gasteiger partial charge >= 0.3 is 0 Å². The molecule has 0 atom stereocenters. The second-order valence-corrected chi connectivity index (χ2v) is 7.19. The average Bonchev–Trinajstić information content (AvgIpc) is 3.05. The van der Waals surface area contributed by atoms with E-state index in [2.05, 4.69) is 44.8 Å². The summed E-state index contributed by atoms with van der Waals surface area (Å²) in [6.45, 7) is 6.47. The van der Waals surface area contributed by atoms with Gasteiger partial charge in [-0.25, -0.2) is 4.98 Å². The highest BCUT2D eigenvalue weighted by atomic mass is 32.1. The van der Waals surface area contributed by atoms with Crippen molar-refractivity contribution in [1.82, 2.24) is 15.2 Å². The van der Waals surface area contributed by atoms with Gasteiger partial charge in [-0.15, -0.1) is 11.3 Å². The fraction of sp³-hybridized carbons (Fsp3) is 0.500. The van der Waals surface area contributed by atoms with Crippen molar-refractivity contribution >= 4 is 17.3 Å². The number of nitrogens with zero attached hydrogens (tertiary/aromatic N) is 3. The van der Waals surface area contributed by atoms with E-state index in [9.17, 15) is 0 Å². The van der Waals surface area contributed by atoms with Crippen LogP contribution in [0.25, 0.3) is 0 Å². The maximum absolute atomic E-state index is 5.49. The van der Waals surface area contributed by atoms with E-state index in [-0.39, 0.29) is 0 Å². The molecule has 1 N–H and O–H groups in total. The van der Waals surface area contributed by atoms with Crippen molar-refractivity contribution in [2.75, 3.05) is 27.2 Å². The predicted molar refractivity (Wildman–Crippen MR) is 110 cm³/mol. The minimum atomic E-state index is 0.692. The highest BCUT2D eigenvalue weighted by Gasteiger charge is 2.07. The zero-order valence-electron chi connectivity index (χ0n) is 16.3.